The molecule has 7 heteroatoms. The van der Waals surface area contributed by atoms with Crippen LogP contribution in [0.5, 0.6) is 0 Å². The summed E-state index contributed by atoms with van der Waals surface area (Å²) in [5, 5.41) is 1.51. The lowest BCUT2D eigenvalue weighted by Crippen LogP contribution is -2.43. The van der Waals surface area contributed by atoms with Gasteiger partial charge < -0.3 is 5.73 Å². The van der Waals surface area contributed by atoms with Gasteiger partial charge in [-0.1, -0.05) is 0 Å². The van der Waals surface area contributed by atoms with E-state index in [1.54, 1.807) is 4.90 Å². The van der Waals surface area contributed by atoms with Crippen molar-refractivity contribution in [1.29, 1.82) is 0 Å². The lowest BCUT2D eigenvalue weighted by Gasteiger charge is -2.34. The number of thiophene rings is 1. The smallest absolute Gasteiger partial charge is 0.265 e. The summed E-state index contributed by atoms with van der Waals surface area (Å²) in [6.07, 6.45) is 1.75. The molecule has 2 rings (SSSR count). The normalized spacial score (nSPS) is 18.1. The number of alkyl halides is 2. The van der Waals surface area contributed by atoms with Crippen LogP contribution in [0.1, 0.15) is 30.7 Å². The van der Waals surface area contributed by atoms with Gasteiger partial charge in [0.25, 0.3) is 5.92 Å². The topological polar surface area (TPSA) is 29.3 Å². The minimum Gasteiger partial charge on any atom is -0.329 e. The van der Waals surface area contributed by atoms with E-state index in [1.165, 1.54) is 5.38 Å². The molecular formula is C12H16BrF3N2S. The fourth-order valence-electron chi connectivity index (χ4n) is 2.27. The van der Waals surface area contributed by atoms with Crippen molar-refractivity contribution >= 4 is 27.3 Å². The van der Waals surface area contributed by atoms with E-state index in [0.717, 1.165) is 31.1 Å². The third-order valence-corrected chi connectivity index (χ3v) is 5.07. The van der Waals surface area contributed by atoms with Gasteiger partial charge in [-0.15, -0.1) is 11.3 Å². The average molecular weight is 357 g/mol. The second-order valence-corrected chi connectivity index (χ2v) is 6.64. The fourth-order valence-corrected chi connectivity index (χ4v) is 3.91. The summed E-state index contributed by atoms with van der Waals surface area (Å²) in [5.41, 5.74) is 5.51. The van der Waals surface area contributed by atoms with Crippen LogP contribution in [0.25, 0.3) is 0 Å². The summed E-state index contributed by atoms with van der Waals surface area (Å²) >= 11 is 4.07. The highest BCUT2D eigenvalue weighted by molar-refractivity contribution is 9.10. The Kier molecular flexibility index (Phi) is 4.59. The Morgan fingerprint density at radius 2 is 2.21 bits per heavy atom. The summed E-state index contributed by atoms with van der Waals surface area (Å²) < 4.78 is 42.2. The summed E-state index contributed by atoms with van der Waals surface area (Å²) in [6, 6.07) is -1.14. The van der Waals surface area contributed by atoms with Gasteiger partial charge in [0.1, 0.15) is 6.04 Å². The van der Waals surface area contributed by atoms with Gasteiger partial charge in [-0.25, -0.2) is 13.2 Å². The van der Waals surface area contributed by atoms with Crippen molar-refractivity contribution in [3.63, 3.8) is 0 Å². The fraction of sp³-hybridized carbons (Fsp3) is 0.667. The van der Waals surface area contributed by atoms with Crippen molar-refractivity contribution in [2.45, 2.75) is 37.8 Å². The third kappa shape index (κ3) is 3.32. The maximum absolute atomic E-state index is 14.0. The molecule has 0 radical (unpaired) electrons. The lowest BCUT2D eigenvalue weighted by atomic mass is 10.1. The molecule has 0 aliphatic heterocycles. The minimum absolute atomic E-state index is 0.0831. The van der Waals surface area contributed by atoms with Crippen molar-refractivity contribution in [3.8, 4) is 0 Å². The van der Waals surface area contributed by atoms with Crippen LogP contribution in [0.4, 0.5) is 13.2 Å². The van der Waals surface area contributed by atoms with Crippen LogP contribution in [0.15, 0.2) is 9.85 Å². The first kappa shape index (κ1) is 15.3. The number of nitrogens with zero attached hydrogens (tertiary/aromatic N) is 1. The standard InChI is InChI=1S/C12H16BrF3N2S/c1-12(15,16)11(10-9(14)8(13)6-19-10)18(5-4-17)7-2-3-7/h6-7,11H,2-5,17H2,1H3. The largest absolute Gasteiger partial charge is 0.329 e. The molecule has 1 atom stereocenters. The van der Waals surface area contributed by atoms with Crippen molar-refractivity contribution in [2.75, 3.05) is 13.1 Å². The highest BCUT2D eigenvalue weighted by Gasteiger charge is 2.47. The zero-order valence-corrected chi connectivity index (χ0v) is 12.9. The number of rotatable bonds is 6. The van der Waals surface area contributed by atoms with Crippen LogP contribution in [-0.4, -0.2) is 30.0 Å². The Morgan fingerprint density at radius 3 is 2.58 bits per heavy atom. The molecule has 1 heterocycles. The van der Waals surface area contributed by atoms with E-state index in [1.807, 2.05) is 0 Å². The molecule has 0 spiro atoms. The van der Waals surface area contributed by atoms with E-state index >= 15 is 0 Å². The summed E-state index contributed by atoms with van der Waals surface area (Å²) in [4.78, 5) is 1.74. The highest BCUT2D eigenvalue weighted by atomic mass is 79.9. The molecule has 1 aromatic rings. The Balaban J connectivity index is 2.37. The first-order chi connectivity index (χ1) is 8.86. The number of hydrogen-bond donors (Lipinski definition) is 1. The van der Waals surface area contributed by atoms with Gasteiger partial charge in [-0.3, -0.25) is 4.90 Å². The molecule has 0 saturated heterocycles. The van der Waals surface area contributed by atoms with Crippen LogP contribution in [0.3, 0.4) is 0 Å². The van der Waals surface area contributed by atoms with Crippen molar-refractivity contribution in [3.05, 3.63) is 20.5 Å². The Morgan fingerprint density at radius 1 is 1.58 bits per heavy atom. The second kappa shape index (κ2) is 5.71. The molecule has 1 aliphatic rings. The predicted octanol–water partition coefficient (Wildman–Crippen LogP) is 3.77. The van der Waals surface area contributed by atoms with Crippen LogP contribution >= 0.6 is 27.3 Å². The van der Waals surface area contributed by atoms with E-state index in [-0.39, 0.29) is 21.9 Å². The molecule has 0 bridgehead atoms. The zero-order chi connectivity index (χ0) is 14.2. The predicted molar refractivity (Wildman–Crippen MR) is 74.1 cm³/mol. The molecule has 108 valence electrons. The molecule has 1 saturated carbocycles. The van der Waals surface area contributed by atoms with Gasteiger partial charge >= 0.3 is 0 Å². The monoisotopic (exact) mass is 356 g/mol. The van der Waals surface area contributed by atoms with Gasteiger partial charge in [-0.2, -0.15) is 0 Å². The molecule has 1 unspecified atom stereocenters. The molecule has 2 N–H and O–H groups in total. The Hall–Kier alpha value is -0.110. The van der Waals surface area contributed by atoms with Gasteiger partial charge in [0.05, 0.1) is 9.35 Å². The second-order valence-electron chi connectivity index (χ2n) is 4.88. The quantitative estimate of drug-likeness (QED) is 0.840. The van der Waals surface area contributed by atoms with Crippen LogP contribution in [-0.2, 0) is 0 Å². The number of halogens is 4. The lowest BCUT2D eigenvalue weighted by molar-refractivity contribution is -0.0707. The van der Waals surface area contributed by atoms with Crippen LogP contribution in [0.2, 0.25) is 0 Å². The third-order valence-electron chi connectivity index (χ3n) is 3.18. The summed E-state index contributed by atoms with van der Waals surface area (Å²) in [5.74, 6) is -3.60. The first-order valence-corrected chi connectivity index (χ1v) is 7.79. The van der Waals surface area contributed by atoms with Gasteiger partial charge in [0.15, 0.2) is 5.82 Å². The molecule has 1 fully saturated rings. The average Bonchev–Trinajstić information content (AvgIpc) is 3.09. The zero-order valence-electron chi connectivity index (χ0n) is 10.5. The van der Waals surface area contributed by atoms with Gasteiger partial charge in [-0.05, 0) is 28.8 Å². The van der Waals surface area contributed by atoms with E-state index < -0.39 is 17.8 Å². The summed E-state index contributed by atoms with van der Waals surface area (Å²) in [6.45, 7) is 1.49. The molecule has 0 amide bonds. The van der Waals surface area contributed by atoms with Crippen LogP contribution < -0.4 is 5.73 Å². The number of nitrogens with two attached hydrogens (primary N) is 1. The first-order valence-electron chi connectivity index (χ1n) is 6.12. The minimum atomic E-state index is -3.01. The number of hydrogen-bond acceptors (Lipinski definition) is 3. The Bertz CT molecular complexity index is 443. The maximum atomic E-state index is 14.0. The van der Waals surface area contributed by atoms with Gasteiger partial charge in [0.2, 0.25) is 0 Å². The molecule has 1 aromatic heterocycles. The maximum Gasteiger partial charge on any atom is 0.265 e. The van der Waals surface area contributed by atoms with Gasteiger partial charge in [0, 0.05) is 31.4 Å². The molecule has 2 nitrogen and oxygen atoms in total. The van der Waals surface area contributed by atoms with Crippen molar-refractivity contribution in [1.82, 2.24) is 4.90 Å². The van der Waals surface area contributed by atoms with E-state index in [2.05, 4.69) is 15.9 Å². The molecule has 1 aliphatic carbocycles. The van der Waals surface area contributed by atoms with Crippen molar-refractivity contribution < 1.29 is 13.2 Å². The van der Waals surface area contributed by atoms with Crippen LogP contribution in [0, 0.1) is 5.82 Å². The highest BCUT2D eigenvalue weighted by Crippen LogP contribution is 2.45. The molecule has 0 aromatic carbocycles. The Labute approximate surface area is 122 Å². The van der Waals surface area contributed by atoms with E-state index in [4.69, 9.17) is 5.73 Å². The molecular weight excluding hydrogens is 341 g/mol. The SMILES string of the molecule is CC(F)(F)C(c1scc(Br)c1F)N(CCN)C1CC1. The van der Waals surface area contributed by atoms with E-state index in [0.29, 0.717) is 6.54 Å². The summed E-state index contributed by atoms with van der Waals surface area (Å²) in [7, 11) is 0. The molecule has 19 heavy (non-hydrogen) atoms. The van der Waals surface area contributed by atoms with E-state index in [9.17, 15) is 13.2 Å². The van der Waals surface area contributed by atoms with Crippen molar-refractivity contribution in [2.24, 2.45) is 5.73 Å².